The summed E-state index contributed by atoms with van der Waals surface area (Å²) < 4.78 is 50.4. The summed E-state index contributed by atoms with van der Waals surface area (Å²) in [7, 11) is -1.95. The monoisotopic (exact) mass is 484 g/mol. The Kier molecular flexibility index (Phi) is 6.74. The SMILES string of the molecule is CC(C)(C)OC(=O)N1CCOC[C@@H]1Cc1c([Si](C)(C)C)[nH]c2ccc(C(=O)C(F)(F)F)cc12. The quantitative estimate of drug-likeness (QED) is 0.507. The number of aromatic nitrogens is 1. The first-order valence-electron chi connectivity index (χ1n) is 10.9. The molecule has 33 heavy (non-hydrogen) atoms. The summed E-state index contributed by atoms with van der Waals surface area (Å²) in [5, 5.41) is 1.54. The second-order valence-electron chi connectivity index (χ2n) is 10.4. The third kappa shape index (κ3) is 5.78. The Bertz CT molecular complexity index is 1050. The number of amides is 1. The molecule has 2 heterocycles. The lowest BCUT2D eigenvalue weighted by Crippen LogP contribution is -2.52. The van der Waals surface area contributed by atoms with Crippen molar-refractivity contribution in [2.45, 2.75) is 64.7 Å². The van der Waals surface area contributed by atoms with Crippen molar-refractivity contribution < 1.29 is 32.2 Å². The predicted octanol–water partition coefficient (Wildman–Crippen LogP) is 4.64. The minimum atomic E-state index is -4.95. The summed E-state index contributed by atoms with van der Waals surface area (Å²) in [5.41, 5.74) is 0.435. The zero-order valence-corrected chi connectivity index (χ0v) is 20.9. The van der Waals surface area contributed by atoms with Gasteiger partial charge in [-0.1, -0.05) is 19.6 Å². The number of benzene rings is 1. The predicted molar refractivity (Wildman–Crippen MR) is 123 cm³/mol. The van der Waals surface area contributed by atoms with Gasteiger partial charge in [0, 0.05) is 28.3 Å². The molecule has 1 atom stereocenters. The van der Waals surface area contributed by atoms with E-state index in [1.54, 1.807) is 25.7 Å². The van der Waals surface area contributed by atoms with Crippen molar-refractivity contribution in [1.82, 2.24) is 9.88 Å². The van der Waals surface area contributed by atoms with E-state index in [4.69, 9.17) is 9.47 Å². The average Bonchev–Trinajstić information content (AvgIpc) is 3.04. The van der Waals surface area contributed by atoms with Crippen molar-refractivity contribution in [2.75, 3.05) is 19.8 Å². The van der Waals surface area contributed by atoms with Gasteiger partial charge < -0.3 is 19.4 Å². The van der Waals surface area contributed by atoms with Gasteiger partial charge in [0.05, 0.1) is 27.3 Å². The van der Waals surface area contributed by atoms with Crippen LogP contribution in [0.3, 0.4) is 0 Å². The van der Waals surface area contributed by atoms with Crippen LogP contribution in [0, 0.1) is 0 Å². The first-order valence-corrected chi connectivity index (χ1v) is 14.4. The highest BCUT2D eigenvalue weighted by molar-refractivity contribution is 6.88. The zero-order valence-electron chi connectivity index (χ0n) is 19.9. The molecule has 0 bridgehead atoms. The van der Waals surface area contributed by atoms with Crippen LogP contribution in [0.1, 0.15) is 36.7 Å². The number of rotatable bonds is 4. The summed E-state index contributed by atoms with van der Waals surface area (Å²) >= 11 is 0. The van der Waals surface area contributed by atoms with Crippen LogP contribution in [0.5, 0.6) is 0 Å². The highest BCUT2D eigenvalue weighted by Gasteiger charge is 2.40. The summed E-state index contributed by atoms with van der Waals surface area (Å²) in [5.74, 6) is -1.87. The largest absolute Gasteiger partial charge is 0.454 e. The Hall–Kier alpha value is -2.33. The lowest BCUT2D eigenvalue weighted by molar-refractivity contribution is -0.0885. The molecule has 1 saturated heterocycles. The molecule has 1 aliphatic rings. The Morgan fingerprint density at radius 2 is 1.88 bits per heavy atom. The van der Waals surface area contributed by atoms with E-state index in [0.717, 1.165) is 10.9 Å². The Morgan fingerprint density at radius 1 is 1.21 bits per heavy atom. The van der Waals surface area contributed by atoms with Crippen LogP contribution < -0.4 is 5.32 Å². The van der Waals surface area contributed by atoms with E-state index in [9.17, 15) is 22.8 Å². The van der Waals surface area contributed by atoms with Crippen LogP contribution >= 0.6 is 0 Å². The number of nitrogens with one attached hydrogen (secondary N) is 1. The summed E-state index contributed by atoms with van der Waals surface area (Å²) in [6.45, 7) is 12.8. The summed E-state index contributed by atoms with van der Waals surface area (Å²) in [6.07, 6.45) is -5.02. The number of carbonyl (C=O) groups excluding carboxylic acids is 2. The van der Waals surface area contributed by atoms with E-state index in [1.165, 1.54) is 18.2 Å². The molecule has 3 rings (SSSR count). The molecule has 2 aromatic rings. The van der Waals surface area contributed by atoms with Crippen molar-refractivity contribution >= 4 is 36.2 Å². The van der Waals surface area contributed by atoms with E-state index in [-0.39, 0.29) is 12.6 Å². The van der Waals surface area contributed by atoms with E-state index in [0.29, 0.717) is 30.5 Å². The van der Waals surface area contributed by atoms with Gasteiger partial charge in [-0.25, -0.2) is 4.79 Å². The second kappa shape index (κ2) is 8.79. The Morgan fingerprint density at radius 3 is 2.45 bits per heavy atom. The first kappa shape index (κ1) is 25.3. The van der Waals surface area contributed by atoms with Crippen LogP contribution in [0.4, 0.5) is 18.0 Å². The lowest BCUT2D eigenvalue weighted by Gasteiger charge is -2.37. The molecule has 1 aromatic carbocycles. The van der Waals surface area contributed by atoms with Gasteiger partial charge in [0.15, 0.2) is 0 Å². The Labute approximate surface area is 192 Å². The maximum absolute atomic E-state index is 13.1. The van der Waals surface area contributed by atoms with Crippen molar-refractivity contribution in [2.24, 2.45) is 0 Å². The number of nitrogens with zero attached hydrogens (tertiary/aromatic N) is 1. The maximum Gasteiger partial charge on any atom is 0.454 e. The van der Waals surface area contributed by atoms with Crippen molar-refractivity contribution in [3.63, 3.8) is 0 Å². The van der Waals surface area contributed by atoms with E-state index in [2.05, 4.69) is 24.6 Å². The number of hydrogen-bond acceptors (Lipinski definition) is 4. The van der Waals surface area contributed by atoms with Crippen molar-refractivity contribution in [3.8, 4) is 0 Å². The number of halogens is 3. The number of H-pyrrole nitrogens is 1. The van der Waals surface area contributed by atoms with Gasteiger partial charge in [0.1, 0.15) is 5.60 Å². The topological polar surface area (TPSA) is 71.6 Å². The molecule has 1 aromatic heterocycles. The average molecular weight is 485 g/mol. The molecular weight excluding hydrogens is 453 g/mol. The molecule has 0 unspecified atom stereocenters. The van der Waals surface area contributed by atoms with Gasteiger partial charge in [-0.3, -0.25) is 4.79 Å². The second-order valence-corrected chi connectivity index (χ2v) is 15.4. The maximum atomic E-state index is 13.1. The van der Waals surface area contributed by atoms with E-state index < -0.39 is 37.3 Å². The van der Waals surface area contributed by atoms with Gasteiger partial charge in [-0.2, -0.15) is 13.2 Å². The molecule has 1 aliphatic heterocycles. The number of alkyl halides is 3. The first-order chi connectivity index (χ1) is 15.1. The number of hydrogen-bond donors (Lipinski definition) is 1. The molecule has 0 radical (unpaired) electrons. The third-order valence-electron chi connectivity index (χ3n) is 5.47. The number of aromatic amines is 1. The highest BCUT2D eigenvalue weighted by Crippen LogP contribution is 2.28. The molecule has 0 saturated carbocycles. The van der Waals surface area contributed by atoms with Gasteiger partial charge in [0.2, 0.25) is 0 Å². The molecule has 182 valence electrons. The van der Waals surface area contributed by atoms with Gasteiger partial charge >= 0.3 is 12.3 Å². The van der Waals surface area contributed by atoms with E-state index >= 15 is 0 Å². The highest BCUT2D eigenvalue weighted by atomic mass is 28.3. The normalized spacial score (nSPS) is 18.0. The number of ketones is 1. The minimum Gasteiger partial charge on any atom is -0.444 e. The molecule has 1 amide bonds. The van der Waals surface area contributed by atoms with Gasteiger partial charge in [-0.15, -0.1) is 0 Å². The molecular formula is C23H31F3N2O4Si. The number of morpholine rings is 1. The lowest BCUT2D eigenvalue weighted by atomic mass is 10.0. The molecule has 0 aliphatic carbocycles. The van der Waals surface area contributed by atoms with Crippen LogP contribution in [-0.2, 0) is 15.9 Å². The Balaban J connectivity index is 2.05. The molecule has 1 N–H and O–H groups in total. The summed E-state index contributed by atoms with van der Waals surface area (Å²) in [6, 6.07) is 3.68. The van der Waals surface area contributed by atoms with Crippen molar-refractivity contribution in [3.05, 3.63) is 29.3 Å². The molecule has 6 nitrogen and oxygen atoms in total. The van der Waals surface area contributed by atoms with E-state index in [1.807, 2.05) is 0 Å². The summed E-state index contributed by atoms with van der Waals surface area (Å²) in [4.78, 5) is 29.7. The van der Waals surface area contributed by atoms with Crippen LogP contribution in [0.25, 0.3) is 10.9 Å². The molecule has 10 heteroatoms. The molecule has 0 spiro atoms. The minimum absolute atomic E-state index is 0.290. The number of Topliss-reactive ketones (excluding diaryl/α,β-unsaturated/α-hetero) is 1. The van der Waals surface area contributed by atoms with Gasteiger partial charge in [0.25, 0.3) is 5.78 Å². The number of fused-ring (bicyclic) bond motifs is 1. The molecule has 1 fully saturated rings. The zero-order chi connectivity index (χ0) is 24.8. The van der Waals surface area contributed by atoms with Crippen molar-refractivity contribution in [1.29, 1.82) is 0 Å². The van der Waals surface area contributed by atoms with Crippen LogP contribution in [0.2, 0.25) is 19.6 Å². The fourth-order valence-electron chi connectivity index (χ4n) is 4.03. The fourth-order valence-corrected chi connectivity index (χ4v) is 5.68. The smallest absolute Gasteiger partial charge is 0.444 e. The number of ether oxygens (including phenoxy) is 2. The van der Waals surface area contributed by atoms with Crippen LogP contribution in [-0.4, -0.2) is 67.4 Å². The third-order valence-corrected chi connectivity index (χ3v) is 7.40. The fraction of sp³-hybridized carbons (Fsp3) is 0.565. The standard InChI is InChI=1S/C23H31F3N2O4Si/c1-22(2,3)32-21(30)28-9-10-31-13-15(28)12-17-16-11-14(19(29)23(24,25)26)7-8-18(16)27-20(17)33(4,5)6/h7-8,11,15,27H,9-10,12-13H2,1-6H3/t15-/m0/s1. The van der Waals surface area contributed by atoms with Gasteiger partial charge in [-0.05, 0) is 51.0 Å². The van der Waals surface area contributed by atoms with Crippen LogP contribution in [0.15, 0.2) is 18.2 Å². The number of carbonyl (C=O) groups is 2.